The molecule has 2 amide bonds. The Morgan fingerprint density at radius 1 is 1.31 bits per heavy atom. The van der Waals surface area contributed by atoms with E-state index in [4.69, 9.17) is 0 Å². The standard InChI is InChI=1S/C19H20FN3O3/c1-4-6-13-7-5-8-14(11-13)19(2,3)22-18(24)21-15-9-10-16(20)17(12-15)23(25)26/h4-5,7-12H,1,6H2,2-3H3,(H2,21,22,24). The van der Waals surface area contributed by atoms with Gasteiger partial charge in [0.15, 0.2) is 0 Å². The molecule has 0 aliphatic carbocycles. The van der Waals surface area contributed by atoms with Crippen molar-refractivity contribution in [1.29, 1.82) is 0 Å². The Morgan fingerprint density at radius 3 is 2.69 bits per heavy atom. The molecule has 0 radical (unpaired) electrons. The van der Waals surface area contributed by atoms with Crippen molar-refractivity contribution in [2.24, 2.45) is 0 Å². The molecular weight excluding hydrogens is 337 g/mol. The number of benzene rings is 2. The van der Waals surface area contributed by atoms with Crippen LogP contribution in [0.25, 0.3) is 0 Å². The Labute approximate surface area is 150 Å². The molecule has 0 aliphatic rings. The van der Waals surface area contributed by atoms with Crippen LogP contribution in [-0.4, -0.2) is 11.0 Å². The van der Waals surface area contributed by atoms with Gasteiger partial charge in [-0.25, -0.2) is 4.79 Å². The van der Waals surface area contributed by atoms with E-state index in [2.05, 4.69) is 17.2 Å². The van der Waals surface area contributed by atoms with Gasteiger partial charge in [-0.3, -0.25) is 10.1 Å². The third-order valence-electron chi connectivity index (χ3n) is 3.86. The van der Waals surface area contributed by atoms with E-state index in [0.29, 0.717) is 0 Å². The van der Waals surface area contributed by atoms with Gasteiger partial charge in [-0.2, -0.15) is 4.39 Å². The average Bonchev–Trinajstić information content (AvgIpc) is 2.56. The highest BCUT2D eigenvalue weighted by Crippen LogP contribution is 2.24. The Kier molecular flexibility index (Phi) is 5.71. The molecule has 0 heterocycles. The van der Waals surface area contributed by atoms with E-state index in [0.717, 1.165) is 29.7 Å². The smallest absolute Gasteiger partial charge is 0.319 e. The maximum absolute atomic E-state index is 13.4. The second kappa shape index (κ2) is 7.77. The van der Waals surface area contributed by atoms with Crippen molar-refractivity contribution in [2.75, 3.05) is 5.32 Å². The number of nitrogens with zero attached hydrogens (tertiary/aromatic N) is 1. The van der Waals surface area contributed by atoms with E-state index in [1.165, 1.54) is 6.07 Å². The first-order valence-electron chi connectivity index (χ1n) is 7.96. The Morgan fingerprint density at radius 2 is 2.04 bits per heavy atom. The number of amides is 2. The molecule has 0 aliphatic heterocycles. The molecule has 0 fully saturated rings. The molecule has 0 saturated carbocycles. The van der Waals surface area contributed by atoms with Crippen LogP contribution in [0.4, 0.5) is 20.6 Å². The van der Waals surface area contributed by atoms with Crippen LogP contribution in [-0.2, 0) is 12.0 Å². The molecule has 2 aromatic carbocycles. The van der Waals surface area contributed by atoms with Crippen molar-refractivity contribution >= 4 is 17.4 Å². The highest BCUT2D eigenvalue weighted by atomic mass is 19.1. The molecule has 0 unspecified atom stereocenters. The van der Waals surface area contributed by atoms with Gasteiger partial charge in [-0.15, -0.1) is 6.58 Å². The first kappa shape index (κ1) is 19.1. The van der Waals surface area contributed by atoms with Crippen LogP contribution in [0, 0.1) is 15.9 Å². The van der Waals surface area contributed by atoms with Crippen LogP contribution in [0.3, 0.4) is 0 Å². The summed E-state index contributed by atoms with van der Waals surface area (Å²) in [6.07, 6.45) is 2.52. The molecule has 26 heavy (non-hydrogen) atoms. The quantitative estimate of drug-likeness (QED) is 0.453. The first-order valence-corrected chi connectivity index (χ1v) is 7.96. The third-order valence-corrected chi connectivity index (χ3v) is 3.86. The van der Waals surface area contributed by atoms with E-state index in [1.54, 1.807) is 6.08 Å². The molecule has 0 spiro atoms. The number of allylic oxidation sites excluding steroid dienone is 1. The van der Waals surface area contributed by atoms with E-state index in [-0.39, 0.29) is 5.69 Å². The summed E-state index contributed by atoms with van der Waals surface area (Å²) in [7, 11) is 0. The maximum Gasteiger partial charge on any atom is 0.319 e. The number of nitrogens with one attached hydrogen (secondary N) is 2. The van der Waals surface area contributed by atoms with Gasteiger partial charge in [-0.05, 0) is 43.5 Å². The zero-order valence-electron chi connectivity index (χ0n) is 14.6. The van der Waals surface area contributed by atoms with Crippen LogP contribution in [0.1, 0.15) is 25.0 Å². The second-order valence-corrected chi connectivity index (χ2v) is 6.32. The van der Waals surface area contributed by atoms with E-state index >= 15 is 0 Å². The number of nitro groups is 1. The lowest BCUT2D eigenvalue weighted by Crippen LogP contribution is -2.43. The summed E-state index contributed by atoms with van der Waals surface area (Å²) < 4.78 is 13.4. The van der Waals surface area contributed by atoms with Crippen LogP contribution in [0.2, 0.25) is 0 Å². The number of hydrogen-bond acceptors (Lipinski definition) is 3. The van der Waals surface area contributed by atoms with Gasteiger partial charge in [0, 0.05) is 11.8 Å². The molecule has 6 nitrogen and oxygen atoms in total. The van der Waals surface area contributed by atoms with E-state index in [1.807, 2.05) is 38.1 Å². The van der Waals surface area contributed by atoms with Crippen molar-refractivity contribution in [1.82, 2.24) is 5.32 Å². The first-order chi connectivity index (χ1) is 12.2. The predicted octanol–water partition coefficient (Wildman–Crippen LogP) is 4.52. The van der Waals surface area contributed by atoms with Crippen molar-refractivity contribution in [3.05, 3.63) is 82.2 Å². The fourth-order valence-corrected chi connectivity index (χ4v) is 2.50. The van der Waals surface area contributed by atoms with Crippen molar-refractivity contribution in [3.8, 4) is 0 Å². The predicted molar refractivity (Wildman–Crippen MR) is 98.6 cm³/mol. The van der Waals surface area contributed by atoms with Gasteiger partial charge in [0.1, 0.15) is 0 Å². The Bertz CT molecular complexity index is 850. The number of rotatable bonds is 6. The number of urea groups is 1. The summed E-state index contributed by atoms with van der Waals surface area (Å²) in [5.41, 5.74) is 0.720. The number of carbonyl (C=O) groups is 1. The monoisotopic (exact) mass is 357 g/mol. The van der Waals surface area contributed by atoms with E-state index < -0.39 is 28.0 Å². The normalized spacial score (nSPS) is 10.9. The van der Waals surface area contributed by atoms with Gasteiger partial charge < -0.3 is 10.6 Å². The number of halogens is 1. The topological polar surface area (TPSA) is 84.3 Å². The highest BCUT2D eigenvalue weighted by molar-refractivity contribution is 5.90. The number of anilines is 1. The van der Waals surface area contributed by atoms with Gasteiger partial charge in [0.25, 0.3) is 0 Å². The molecule has 136 valence electrons. The SMILES string of the molecule is C=CCc1cccc(C(C)(C)NC(=O)Nc2ccc(F)c([N+](=O)[O-])c2)c1. The molecule has 0 bridgehead atoms. The Hall–Kier alpha value is -3.22. The van der Waals surface area contributed by atoms with E-state index in [9.17, 15) is 19.3 Å². The molecule has 0 aromatic heterocycles. The minimum absolute atomic E-state index is 0.131. The molecule has 2 aromatic rings. The lowest BCUT2D eigenvalue weighted by molar-refractivity contribution is -0.387. The molecule has 0 saturated heterocycles. The fraction of sp³-hybridized carbons (Fsp3) is 0.211. The molecule has 0 atom stereocenters. The summed E-state index contributed by atoms with van der Waals surface area (Å²) in [5.74, 6) is -0.958. The summed E-state index contributed by atoms with van der Waals surface area (Å²) >= 11 is 0. The van der Waals surface area contributed by atoms with Crippen molar-refractivity contribution < 1.29 is 14.1 Å². The van der Waals surface area contributed by atoms with Gasteiger partial charge in [-0.1, -0.05) is 30.3 Å². The minimum Gasteiger partial charge on any atom is -0.329 e. The average molecular weight is 357 g/mol. The van der Waals surface area contributed by atoms with Crippen LogP contribution in [0.15, 0.2) is 55.1 Å². The third kappa shape index (κ3) is 4.66. The number of carbonyl (C=O) groups excluding carboxylic acids is 1. The van der Waals surface area contributed by atoms with Crippen LogP contribution < -0.4 is 10.6 Å². The molecule has 2 N–H and O–H groups in total. The molecule has 2 rings (SSSR count). The fourth-order valence-electron chi connectivity index (χ4n) is 2.50. The number of hydrogen-bond donors (Lipinski definition) is 2. The zero-order chi connectivity index (χ0) is 19.3. The van der Waals surface area contributed by atoms with Crippen LogP contribution >= 0.6 is 0 Å². The summed E-state index contributed by atoms with van der Waals surface area (Å²) in [6, 6.07) is 10.4. The molecular formula is C19H20FN3O3. The minimum atomic E-state index is -0.958. The largest absolute Gasteiger partial charge is 0.329 e. The van der Waals surface area contributed by atoms with Crippen molar-refractivity contribution in [3.63, 3.8) is 0 Å². The zero-order valence-corrected chi connectivity index (χ0v) is 14.6. The van der Waals surface area contributed by atoms with Crippen molar-refractivity contribution in [2.45, 2.75) is 25.8 Å². The second-order valence-electron chi connectivity index (χ2n) is 6.32. The number of nitro benzene ring substituents is 1. The van der Waals surface area contributed by atoms with Gasteiger partial charge in [0.05, 0.1) is 10.5 Å². The van der Waals surface area contributed by atoms with Crippen LogP contribution in [0.5, 0.6) is 0 Å². The maximum atomic E-state index is 13.4. The Balaban J connectivity index is 2.13. The summed E-state index contributed by atoms with van der Waals surface area (Å²) in [4.78, 5) is 22.2. The summed E-state index contributed by atoms with van der Waals surface area (Å²) in [6.45, 7) is 7.39. The van der Waals surface area contributed by atoms with Gasteiger partial charge in [0.2, 0.25) is 5.82 Å². The highest BCUT2D eigenvalue weighted by Gasteiger charge is 2.23. The molecule has 7 heteroatoms. The summed E-state index contributed by atoms with van der Waals surface area (Å²) in [5, 5.41) is 16.1. The lowest BCUT2D eigenvalue weighted by Gasteiger charge is -2.27. The lowest BCUT2D eigenvalue weighted by atomic mass is 9.92. The van der Waals surface area contributed by atoms with Gasteiger partial charge >= 0.3 is 11.7 Å².